The number of nitrogens with zero attached hydrogens (tertiary/aromatic N) is 2. The number of barbiturate groups is 1. The Hall–Kier alpha value is -4.95. The minimum absolute atomic E-state index is 0.0292. The summed E-state index contributed by atoms with van der Waals surface area (Å²) >= 11 is 12.5. The Labute approximate surface area is 243 Å². The number of imide groups is 2. The molecular formula is C26H14Cl2F3N3O8. The number of nitro benzene ring substituents is 1. The predicted molar refractivity (Wildman–Crippen MR) is 141 cm³/mol. The first-order valence-corrected chi connectivity index (χ1v) is 12.1. The molecule has 0 saturated carbocycles. The number of benzene rings is 3. The summed E-state index contributed by atoms with van der Waals surface area (Å²) in [6.45, 7) is 0. The maximum Gasteiger partial charge on any atom is 0.416 e. The number of alkyl halides is 3. The van der Waals surface area contributed by atoms with Crippen molar-refractivity contribution in [3.05, 3.63) is 97.0 Å². The molecule has 4 amide bonds. The number of carbonyl (C=O) groups is 4. The number of amides is 4. The molecule has 216 valence electrons. The Morgan fingerprint density at radius 2 is 1.64 bits per heavy atom. The van der Waals surface area contributed by atoms with Crippen LogP contribution in [-0.2, 0) is 20.5 Å². The summed E-state index contributed by atoms with van der Waals surface area (Å²) in [6.07, 6.45) is -3.79. The average molecular weight is 624 g/mol. The van der Waals surface area contributed by atoms with Gasteiger partial charge in [-0.15, -0.1) is 0 Å². The molecule has 16 heteroatoms. The third kappa shape index (κ3) is 6.04. The van der Waals surface area contributed by atoms with Crippen LogP contribution in [0.2, 0.25) is 10.0 Å². The van der Waals surface area contributed by atoms with Gasteiger partial charge in [-0.3, -0.25) is 25.0 Å². The molecule has 1 N–H and O–H groups in total. The smallest absolute Gasteiger partial charge is 0.416 e. The largest absolute Gasteiger partial charge is 0.465 e. The van der Waals surface area contributed by atoms with Gasteiger partial charge >= 0.3 is 23.9 Å². The summed E-state index contributed by atoms with van der Waals surface area (Å²) < 4.78 is 49.0. The fourth-order valence-corrected chi connectivity index (χ4v) is 4.30. The van der Waals surface area contributed by atoms with Crippen LogP contribution in [0.3, 0.4) is 0 Å². The summed E-state index contributed by atoms with van der Waals surface area (Å²) in [7, 11) is 1.18. The number of methoxy groups -OCH3 is 1. The number of anilines is 1. The first-order valence-electron chi connectivity index (χ1n) is 11.3. The first kappa shape index (κ1) is 30.0. The van der Waals surface area contributed by atoms with Gasteiger partial charge in [0.1, 0.15) is 5.57 Å². The maximum absolute atomic E-state index is 13.2. The number of carbonyl (C=O) groups excluding carboxylic acids is 4. The van der Waals surface area contributed by atoms with Crippen molar-refractivity contribution < 1.29 is 46.7 Å². The molecular weight excluding hydrogens is 610 g/mol. The predicted octanol–water partition coefficient (Wildman–Crippen LogP) is 6.17. The standard InChI is InChI=1S/C26H14Cl2F3N3O8/c1-41-24(37)13-2-5-15(6-3-13)33-23(36)16(22(35)32-25(33)38)8-12-9-17(27)21(18(28)10-12)42-20-7-4-14(26(29,30)31)11-19(20)34(39)40/h2-11H,1H3,(H,32,35,38)/b16-8+. The number of nitro groups is 1. The monoisotopic (exact) mass is 623 g/mol. The minimum Gasteiger partial charge on any atom is -0.465 e. The van der Waals surface area contributed by atoms with Gasteiger partial charge in [0, 0.05) is 6.07 Å². The van der Waals surface area contributed by atoms with Crippen LogP contribution in [-0.4, -0.2) is 35.8 Å². The fraction of sp³-hybridized carbons (Fsp3) is 0.0769. The molecule has 1 aliphatic rings. The zero-order valence-electron chi connectivity index (χ0n) is 20.8. The number of esters is 1. The molecule has 1 fully saturated rings. The molecule has 0 spiro atoms. The van der Waals surface area contributed by atoms with E-state index in [0.717, 1.165) is 24.3 Å². The molecule has 1 aliphatic heterocycles. The van der Waals surface area contributed by atoms with Crippen molar-refractivity contribution in [3.63, 3.8) is 0 Å². The Morgan fingerprint density at radius 3 is 2.19 bits per heavy atom. The highest BCUT2D eigenvalue weighted by Gasteiger charge is 2.37. The lowest BCUT2D eigenvalue weighted by Crippen LogP contribution is -2.54. The van der Waals surface area contributed by atoms with E-state index in [9.17, 15) is 42.5 Å². The highest BCUT2D eigenvalue weighted by Crippen LogP contribution is 2.42. The van der Waals surface area contributed by atoms with Crippen LogP contribution in [0.15, 0.2) is 60.2 Å². The minimum atomic E-state index is -4.84. The van der Waals surface area contributed by atoms with Crippen LogP contribution in [0.5, 0.6) is 11.5 Å². The number of rotatable bonds is 6. The highest BCUT2D eigenvalue weighted by molar-refractivity contribution is 6.40. The van der Waals surface area contributed by atoms with E-state index >= 15 is 0 Å². The van der Waals surface area contributed by atoms with Crippen LogP contribution in [0.4, 0.5) is 29.3 Å². The van der Waals surface area contributed by atoms with E-state index in [1.54, 1.807) is 0 Å². The summed E-state index contributed by atoms with van der Waals surface area (Å²) in [4.78, 5) is 60.7. The summed E-state index contributed by atoms with van der Waals surface area (Å²) in [5, 5.41) is 12.8. The van der Waals surface area contributed by atoms with Crippen molar-refractivity contribution in [2.24, 2.45) is 0 Å². The summed E-state index contributed by atoms with van der Waals surface area (Å²) in [6, 6.07) is 8.07. The Kier molecular flexibility index (Phi) is 8.22. The molecule has 42 heavy (non-hydrogen) atoms. The molecule has 0 radical (unpaired) electrons. The van der Waals surface area contributed by atoms with Gasteiger partial charge in [-0.1, -0.05) is 23.2 Å². The van der Waals surface area contributed by atoms with Gasteiger partial charge < -0.3 is 9.47 Å². The van der Waals surface area contributed by atoms with Crippen molar-refractivity contribution in [2.75, 3.05) is 12.0 Å². The van der Waals surface area contributed by atoms with Gasteiger partial charge in [0.25, 0.3) is 11.8 Å². The van der Waals surface area contributed by atoms with E-state index in [1.165, 1.54) is 31.4 Å². The van der Waals surface area contributed by atoms with Gasteiger partial charge in [-0.05, 0) is 60.2 Å². The number of ether oxygens (including phenoxy) is 2. The molecule has 11 nitrogen and oxygen atoms in total. The molecule has 4 rings (SSSR count). The van der Waals surface area contributed by atoms with Gasteiger partial charge in [0.2, 0.25) is 5.75 Å². The van der Waals surface area contributed by atoms with E-state index in [4.69, 9.17) is 27.9 Å². The fourth-order valence-electron chi connectivity index (χ4n) is 3.72. The van der Waals surface area contributed by atoms with E-state index < -0.39 is 57.5 Å². The Balaban J connectivity index is 1.66. The van der Waals surface area contributed by atoms with Crippen LogP contribution in [0, 0.1) is 10.1 Å². The van der Waals surface area contributed by atoms with Crippen molar-refractivity contribution in [1.29, 1.82) is 0 Å². The van der Waals surface area contributed by atoms with E-state index in [0.29, 0.717) is 17.0 Å². The summed E-state index contributed by atoms with van der Waals surface area (Å²) in [5.41, 5.74) is -2.55. The number of halogens is 5. The van der Waals surface area contributed by atoms with Gasteiger partial charge in [0.15, 0.2) is 5.75 Å². The second-order valence-corrected chi connectivity index (χ2v) is 9.16. The molecule has 0 unspecified atom stereocenters. The second-order valence-electron chi connectivity index (χ2n) is 8.35. The topological polar surface area (TPSA) is 145 Å². The molecule has 0 aliphatic carbocycles. The third-order valence-electron chi connectivity index (χ3n) is 5.67. The van der Waals surface area contributed by atoms with Crippen molar-refractivity contribution >= 4 is 64.5 Å². The van der Waals surface area contributed by atoms with Crippen LogP contribution < -0.4 is 15.0 Å². The SMILES string of the molecule is COC(=O)c1ccc(N2C(=O)NC(=O)/C(=C\c3cc(Cl)c(Oc4ccc(C(F)(F)F)cc4[N+](=O)[O-])c(Cl)c3)C2=O)cc1. The van der Waals surface area contributed by atoms with Crippen molar-refractivity contribution in [3.8, 4) is 11.5 Å². The van der Waals surface area contributed by atoms with Crippen molar-refractivity contribution in [1.82, 2.24) is 5.32 Å². The van der Waals surface area contributed by atoms with Crippen molar-refractivity contribution in [2.45, 2.75) is 6.18 Å². The lowest BCUT2D eigenvalue weighted by Gasteiger charge is -2.26. The van der Waals surface area contributed by atoms with Gasteiger partial charge in [-0.2, -0.15) is 13.2 Å². The lowest BCUT2D eigenvalue weighted by atomic mass is 10.1. The molecule has 3 aromatic rings. The van der Waals surface area contributed by atoms with E-state index in [1.807, 2.05) is 5.32 Å². The lowest BCUT2D eigenvalue weighted by molar-refractivity contribution is -0.385. The maximum atomic E-state index is 13.2. The summed E-state index contributed by atoms with van der Waals surface area (Å²) in [5.74, 6) is -3.66. The Morgan fingerprint density at radius 1 is 1.02 bits per heavy atom. The van der Waals surface area contributed by atoms with E-state index in [2.05, 4.69) is 4.74 Å². The quantitative estimate of drug-likeness (QED) is 0.113. The number of hydrogen-bond acceptors (Lipinski definition) is 8. The Bertz CT molecular complexity index is 1670. The highest BCUT2D eigenvalue weighted by atomic mass is 35.5. The van der Waals surface area contributed by atoms with Crippen LogP contribution >= 0.6 is 23.2 Å². The van der Waals surface area contributed by atoms with E-state index in [-0.39, 0.29) is 32.6 Å². The molecule has 0 atom stereocenters. The number of hydrogen-bond donors (Lipinski definition) is 1. The van der Waals surface area contributed by atoms with Crippen LogP contribution in [0.25, 0.3) is 6.08 Å². The number of urea groups is 1. The normalized spacial score (nSPS) is 14.6. The average Bonchev–Trinajstić information content (AvgIpc) is 2.92. The molecule has 0 bridgehead atoms. The number of nitrogens with one attached hydrogen (secondary N) is 1. The molecule has 1 saturated heterocycles. The van der Waals surface area contributed by atoms with Crippen LogP contribution in [0.1, 0.15) is 21.5 Å². The molecule has 0 aromatic heterocycles. The molecule has 1 heterocycles. The molecule has 3 aromatic carbocycles. The zero-order chi connectivity index (χ0) is 30.9. The second kappa shape index (κ2) is 11.5. The zero-order valence-corrected chi connectivity index (χ0v) is 22.3. The third-order valence-corrected chi connectivity index (χ3v) is 6.24. The van der Waals surface area contributed by atoms with Gasteiger partial charge in [0.05, 0.1) is 38.9 Å². The first-order chi connectivity index (χ1) is 19.7. The van der Waals surface area contributed by atoms with Gasteiger partial charge in [-0.25, -0.2) is 14.5 Å².